The first kappa shape index (κ1) is 18.7. The van der Waals surface area contributed by atoms with Crippen LogP contribution in [0.4, 0.5) is 0 Å². The summed E-state index contributed by atoms with van der Waals surface area (Å²) in [4.78, 5) is 0. The monoisotopic (exact) mass is 392 g/mol. The molecule has 2 heterocycles. The molecule has 0 aromatic heterocycles. The standard InChI is InChI=1S/C25H28O4/c1-16-24(29-16)14-27-21-10-7-18(8-11-21)17-3-5-19(6-4-17)22-12-9-20(25-15-28-25)13-23(22)26-2/h3,7-13,16,19,24-25H,4-6,14-15H2,1-2H3. The zero-order valence-corrected chi connectivity index (χ0v) is 17.1. The van der Waals surface area contributed by atoms with E-state index in [2.05, 4.69) is 55.5 Å². The van der Waals surface area contributed by atoms with Crippen molar-refractivity contribution in [2.45, 2.75) is 50.4 Å². The summed E-state index contributed by atoms with van der Waals surface area (Å²) < 4.78 is 22.3. The Labute approximate surface area is 172 Å². The fourth-order valence-corrected chi connectivity index (χ4v) is 4.23. The largest absolute Gasteiger partial charge is 0.496 e. The van der Waals surface area contributed by atoms with Crippen molar-refractivity contribution in [3.63, 3.8) is 0 Å². The highest BCUT2D eigenvalue weighted by Crippen LogP contribution is 2.41. The molecule has 29 heavy (non-hydrogen) atoms. The summed E-state index contributed by atoms with van der Waals surface area (Å²) in [6.45, 7) is 3.54. The molecule has 2 saturated heterocycles. The van der Waals surface area contributed by atoms with Crippen molar-refractivity contribution in [2.75, 3.05) is 20.3 Å². The van der Waals surface area contributed by atoms with Gasteiger partial charge in [0.2, 0.25) is 0 Å². The molecule has 4 heteroatoms. The second-order valence-electron chi connectivity index (χ2n) is 8.24. The molecule has 0 radical (unpaired) electrons. The molecule has 0 amide bonds. The summed E-state index contributed by atoms with van der Waals surface area (Å²) in [7, 11) is 1.76. The molecule has 0 spiro atoms. The van der Waals surface area contributed by atoms with Gasteiger partial charge in [-0.25, -0.2) is 0 Å². The van der Waals surface area contributed by atoms with Crippen molar-refractivity contribution < 1.29 is 18.9 Å². The summed E-state index contributed by atoms with van der Waals surface area (Å²) in [5, 5.41) is 0. The number of methoxy groups -OCH3 is 1. The van der Waals surface area contributed by atoms with E-state index in [1.807, 2.05) is 0 Å². The van der Waals surface area contributed by atoms with Crippen LogP contribution in [0.25, 0.3) is 5.57 Å². The van der Waals surface area contributed by atoms with Gasteiger partial charge < -0.3 is 18.9 Å². The van der Waals surface area contributed by atoms with Crippen molar-refractivity contribution >= 4 is 5.57 Å². The Bertz CT molecular complexity index is 898. The molecule has 4 unspecified atom stereocenters. The second-order valence-corrected chi connectivity index (χ2v) is 8.24. The van der Waals surface area contributed by atoms with Crippen molar-refractivity contribution in [1.29, 1.82) is 0 Å². The highest BCUT2D eigenvalue weighted by Gasteiger charge is 2.34. The van der Waals surface area contributed by atoms with Gasteiger partial charge in [0.15, 0.2) is 0 Å². The van der Waals surface area contributed by atoms with Crippen molar-refractivity contribution in [3.8, 4) is 11.5 Å². The molecule has 0 saturated carbocycles. The Morgan fingerprint density at radius 2 is 1.90 bits per heavy atom. The average Bonchev–Trinajstić information content (AvgIpc) is 3.70. The Balaban J connectivity index is 1.23. The first-order valence-corrected chi connectivity index (χ1v) is 10.6. The SMILES string of the molecule is COc1cc(C2CO2)ccc1C1CC=C(c2ccc(OCC3OC3C)cc2)CC1. The lowest BCUT2D eigenvalue weighted by atomic mass is 9.82. The van der Waals surface area contributed by atoms with E-state index >= 15 is 0 Å². The Hall–Kier alpha value is -2.30. The highest BCUT2D eigenvalue weighted by molar-refractivity contribution is 5.67. The summed E-state index contributed by atoms with van der Waals surface area (Å²) in [6.07, 6.45) is 6.51. The molecule has 152 valence electrons. The van der Waals surface area contributed by atoms with Crippen LogP contribution < -0.4 is 9.47 Å². The normalized spacial score (nSPS) is 27.9. The van der Waals surface area contributed by atoms with Crippen LogP contribution in [0.15, 0.2) is 48.5 Å². The third-order valence-corrected chi connectivity index (χ3v) is 6.29. The van der Waals surface area contributed by atoms with Crippen LogP contribution >= 0.6 is 0 Å². The first-order valence-electron chi connectivity index (χ1n) is 10.6. The quantitative estimate of drug-likeness (QED) is 0.601. The number of epoxide rings is 2. The van der Waals surface area contributed by atoms with Crippen LogP contribution in [0.1, 0.15) is 54.9 Å². The van der Waals surface area contributed by atoms with Crippen LogP contribution in [-0.4, -0.2) is 32.5 Å². The molecule has 2 fully saturated rings. The van der Waals surface area contributed by atoms with E-state index in [-0.39, 0.29) is 12.2 Å². The van der Waals surface area contributed by atoms with Crippen molar-refractivity contribution in [1.82, 2.24) is 0 Å². The topological polar surface area (TPSA) is 43.5 Å². The van der Waals surface area contributed by atoms with Crippen molar-refractivity contribution in [2.24, 2.45) is 0 Å². The summed E-state index contributed by atoms with van der Waals surface area (Å²) in [5.41, 5.74) is 5.25. The maximum atomic E-state index is 5.81. The van der Waals surface area contributed by atoms with Gasteiger partial charge in [-0.2, -0.15) is 0 Å². The highest BCUT2D eigenvalue weighted by atomic mass is 16.6. The molecule has 4 nitrogen and oxygen atoms in total. The summed E-state index contributed by atoms with van der Waals surface area (Å²) >= 11 is 0. The minimum absolute atomic E-state index is 0.260. The van der Waals surface area contributed by atoms with Crippen LogP contribution in [0.3, 0.4) is 0 Å². The number of hydrogen-bond acceptors (Lipinski definition) is 4. The smallest absolute Gasteiger partial charge is 0.122 e. The maximum absolute atomic E-state index is 5.81. The molecular weight excluding hydrogens is 364 g/mol. The summed E-state index contributed by atoms with van der Waals surface area (Å²) in [5.74, 6) is 2.41. The maximum Gasteiger partial charge on any atom is 0.122 e. The lowest BCUT2D eigenvalue weighted by Crippen LogP contribution is -2.07. The third kappa shape index (κ3) is 4.19. The fraction of sp³-hybridized carbons (Fsp3) is 0.440. The average molecular weight is 392 g/mol. The Kier molecular flexibility index (Phi) is 5.06. The minimum atomic E-state index is 0.260. The number of ether oxygens (including phenoxy) is 4. The van der Waals surface area contributed by atoms with Gasteiger partial charge in [0.25, 0.3) is 0 Å². The van der Waals surface area contributed by atoms with E-state index < -0.39 is 0 Å². The van der Waals surface area contributed by atoms with Gasteiger partial charge in [0.05, 0.1) is 19.8 Å². The van der Waals surface area contributed by atoms with Crippen LogP contribution in [0, 0.1) is 0 Å². The zero-order chi connectivity index (χ0) is 19.8. The zero-order valence-electron chi connectivity index (χ0n) is 17.1. The molecule has 5 rings (SSSR count). The molecule has 0 N–H and O–H groups in total. The van der Waals surface area contributed by atoms with Gasteiger partial charge in [-0.1, -0.05) is 30.3 Å². The van der Waals surface area contributed by atoms with Gasteiger partial charge >= 0.3 is 0 Å². The molecule has 2 aromatic rings. The van der Waals surface area contributed by atoms with Gasteiger partial charge in [-0.05, 0) is 72.6 Å². The van der Waals surface area contributed by atoms with Crippen molar-refractivity contribution in [3.05, 3.63) is 65.2 Å². The predicted octanol–water partition coefficient (Wildman–Crippen LogP) is 5.28. The van der Waals surface area contributed by atoms with E-state index in [0.29, 0.717) is 18.6 Å². The number of rotatable bonds is 7. The van der Waals surface area contributed by atoms with Gasteiger partial charge in [-0.3, -0.25) is 0 Å². The predicted molar refractivity (Wildman–Crippen MR) is 113 cm³/mol. The van der Waals surface area contributed by atoms with Crippen LogP contribution in [0.5, 0.6) is 11.5 Å². The molecule has 4 atom stereocenters. The van der Waals surface area contributed by atoms with E-state index in [9.17, 15) is 0 Å². The van der Waals surface area contributed by atoms with Gasteiger partial charge in [0, 0.05) is 0 Å². The van der Waals surface area contributed by atoms with E-state index in [0.717, 1.165) is 37.4 Å². The third-order valence-electron chi connectivity index (χ3n) is 6.29. The molecule has 2 aliphatic heterocycles. The first-order chi connectivity index (χ1) is 14.2. The Morgan fingerprint density at radius 3 is 2.52 bits per heavy atom. The lowest BCUT2D eigenvalue weighted by molar-refractivity contribution is 0.261. The van der Waals surface area contributed by atoms with Gasteiger partial charge in [0.1, 0.15) is 30.3 Å². The number of hydrogen-bond donors (Lipinski definition) is 0. The minimum Gasteiger partial charge on any atom is -0.496 e. The number of benzene rings is 2. The second kappa shape index (κ2) is 7.85. The fourth-order valence-electron chi connectivity index (χ4n) is 4.23. The van der Waals surface area contributed by atoms with Crippen LogP contribution in [0.2, 0.25) is 0 Å². The molecule has 2 aromatic carbocycles. The van der Waals surface area contributed by atoms with E-state index in [4.69, 9.17) is 18.9 Å². The molecular formula is C25H28O4. The van der Waals surface area contributed by atoms with E-state index in [1.54, 1.807) is 7.11 Å². The van der Waals surface area contributed by atoms with Crippen LogP contribution in [-0.2, 0) is 9.47 Å². The Morgan fingerprint density at radius 1 is 1.10 bits per heavy atom. The van der Waals surface area contributed by atoms with Gasteiger partial charge in [-0.15, -0.1) is 0 Å². The molecule has 1 aliphatic carbocycles. The lowest BCUT2D eigenvalue weighted by Gasteiger charge is -2.24. The molecule has 3 aliphatic rings. The molecule has 0 bridgehead atoms. The van der Waals surface area contributed by atoms with E-state index in [1.165, 1.54) is 22.3 Å². The summed E-state index contributed by atoms with van der Waals surface area (Å²) in [6, 6.07) is 15.1. The number of allylic oxidation sites excluding steroid dienone is 2.